The van der Waals surface area contributed by atoms with Crippen LogP contribution in [0.2, 0.25) is 0 Å². The Labute approximate surface area is 397 Å². The van der Waals surface area contributed by atoms with Gasteiger partial charge in [0.25, 0.3) is 0 Å². The van der Waals surface area contributed by atoms with E-state index in [0.29, 0.717) is 19.3 Å². The molecule has 0 aromatic carbocycles. The van der Waals surface area contributed by atoms with Crippen molar-refractivity contribution in [3.63, 3.8) is 0 Å². The second-order valence-electron chi connectivity index (χ2n) is 19.1. The first-order valence-corrected chi connectivity index (χ1v) is 27.9. The molecule has 374 valence electrons. The van der Waals surface area contributed by atoms with Crippen LogP contribution in [0.4, 0.5) is 0 Å². The number of allylic oxidation sites excluding steroid dienone is 8. The Bertz CT molecular complexity index is 1100. The third-order valence-electron chi connectivity index (χ3n) is 12.8. The Morgan fingerprint density at radius 1 is 0.469 bits per heavy atom. The summed E-state index contributed by atoms with van der Waals surface area (Å²) in [6, 6.07) is -0.709. The first-order valence-electron chi connectivity index (χ1n) is 27.9. The molecule has 0 aromatic heterocycles. The summed E-state index contributed by atoms with van der Waals surface area (Å²) >= 11 is 0. The Balaban J connectivity index is 4.56. The number of carbonyl (C=O) groups excluding carboxylic acids is 2. The van der Waals surface area contributed by atoms with Crippen LogP contribution in [0.5, 0.6) is 0 Å². The molecule has 0 bridgehead atoms. The number of aliphatic hydroxyl groups excluding tert-OH is 2. The number of aliphatic hydroxyl groups is 2. The fourth-order valence-electron chi connectivity index (χ4n) is 8.56. The van der Waals surface area contributed by atoms with E-state index < -0.39 is 18.2 Å². The molecular formula is C58H107NO5. The molecule has 0 aliphatic carbocycles. The Morgan fingerprint density at radius 2 is 0.844 bits per heavy atom. The van der Waals surface area contributed by atoms with Gasteiger partial charge in [0.05, 0.1) is 25.2 Å². The minimum absolute atomic E-state index is 0.0646. The number of rotatable bonds is 50. The van der Waals surface area contributed by atoms with Crippen molar-refractivity contribution in [3.8, 4) is 0 Å². The maximum atomic E-state index is 13.2. The quantitative estimate of drug-likeness (QED) is 0.0321. The van der Waals surface area contributed by atoms with Crippen LogP contribution in [0.15, 0.2) is 48.6 Å². The van der Waals surface area contributed by atoms with E-state index in [-0.39, 0.29) is 24.9 Å². The largest absolute Gasteiger partial charge is 0.462 e. The molecule has 0 aliphatic heterocycles. The Hall–Kier alpha value is -2.18. The van der Waals surface area contributed by atoms with Crippen LogP contribution in [-0.2, 0) is 14.3 Å². The molecule has 3 N–H and O–H groups in total. The normalized spacial score (nSPS) is 13.5. The molecule has 0 radical (unpaired) electrons. The molecule has 3 unspecified atom stereocenters. The molecule has 0 saturated heterocycles. The predicted octanol–water partition coefficient (Wildman–Crippen LogP) is 17.0. The average molecular weight is 898 g/mol. The molecular weight excluding hydrogens is 791 g/mol. The summed E-state index contributed by atoms with van der Waals surface area (Å²) in [5.41, 5.74) is 0. The highest BCUT2D eigenvalue weighted by atomic mass is 16.5. The zero-order valence-corrected chi connectivity index (χ0v) is 42.7. The van der Waals surface area contributed by atoms with Gasteiger partial charge >= 0.3 is 5.97 Å². The summed E-state index contributed by atoms with van der Waals surface area (Å²) in [6.45, 7) is 6.37. The lowest BCUT2D eigenvalue weighted by molar-refractivity contribution is -0.151. The summed E-state index contributed by atoms with van der Waals surface area (Å²) in [6.07, 6.45) is 63.2. The van der Waals surface area contributed by atoms with Crippen molar-refractivity contribution >= 4 is 11.9 Å². The van der Waals surface area contributed by atoms with Crippen LogP contribution in [0.1, 0.15) is 284 Å². The Kier molecular flexibility index (Phi) is 50.0. The lowest BCUT2D eigenvalue weighted by Gasteiger charge is -2.24. The van der Waals surface area contributed by atoms with E-state index >= 15 is 0 Å². The molecule has 0 heterocycles. The summed E-state index contributed by atoms with van der Waals surface area (Å²) in [5.74, 6) is -0.507. The van der Waals surface area contributed by atoms with E-state index in [9.17, 15) is 19.8 Å². The van der Waals surface area contributed by atoms with Gasteiger partial charge in [-0.1, -0.05) is 275 Å². The van der Waals surface area contributed by atoms with Crippen LogP contribution in [-0.4, -0.2) is 46.9 Å². The van der Waals surface area contributed by atoms with Crippen molar-refractivity contribution in [2.24, 2.45) is 0 Å². The molecule has 64 heavy (non-hydrogen) atoms. The predicted molar refractivity (Wildman–Crippen MR) is 278 cm³/mol. The molecule has 1 amide bonds. The summed E-state index contributed by atoms with van der Waals surface area (Å²) < 4.78 is 5.93. The third kappa shape index (κ3) is 46.4. The number of ether oxygens (including phenoxy) is 1. The van der Waals surface area contributed by atoms with E-state index in [1.807, 2.05) is 24.3 Å². The van der Waals surface area contributed by atoms with Gasteiger partial charge in [-0.15, -0.1) is 0 Å². The number of carbonyl (C=O) groups is 2. The molecule has 0 spiro atoms. The van der Waals surface area contributed by atoms with Crippen LogP contribution in [0.3, 0.4) is 0 Å². The van der Waals surface area contributed by atoms with E-state index in [2.05, 4.69) is 50.4 Å². The van der Waals surface area contributed by atoms with Crippen molar-refractivity contribution in [2.75, 3.05) is 6.61 Å². The smallest absolute Gasteiger partial charge is 0.306 e. The van der Waals surface area contributed by atoms with Gasteiger partial charge in [-0.05, 0) is 44.9 Å². The highest BCUT2D eigenvalue weighted by Gasteiger charge is 2.24. The fourth-order valence-corrected chi connectivity index (χ4v) is 8.56. The maximum absolute atomic E-state index is 13.2. The van der Waals surface area contributed by atoms with Crippen LogP contribution < -0.4 is 5.32 Å². The second kappa shape index (κ2) is 51.8. The standard InChI is InChI=1S/C58H107NO5/c1-4-7-10-13-16-19-22-25-27-29-32-34-37-40-43-46-49-54(64-58(63)51-48-45-42-39-36-31-24-21-18-15-12-9-6-3)52-57(62)59-55(53-60)56(61)50-47-44-41-38-35-33-30-28-26-23-20-17-14-11-8-5-2/h9,12,15,18,21,24,31,36,54-56,60-61H,4-8,10-11,13-14,16-17,19-20,22-23,25-30,32-35,37-53H2,1-3H3,(H,59,62)/b12-9+,18-15+,24-21-,36-31-. The van der Waals surface area contributed by atoms with Crippen molar-refractivity contribution in [2.45, 2.75) is 302 Å². The van der Waals surface area contributed by atoms with Gasteiger partial charge in [0.15, 0.2) is 0 Å². The van der Waals surface area contributed by atoms with Gasteiger partial charge in [0.2, 0.25) is 5.91 Å². The molecule has 0 fully saturated rings. The monoisotopic (exact) mass is 898 g/mol. The van der Waals surface area contributed by atoms with Crippen molar-refractivity contribution in [1.29, 1.82) is 0 Å². The number of esters is 1. The topological polar surface area (TPSA) is 95.9 Å². The number of hydrogen-bond acceptors (Lipinski definition) is 5. The third-order valence-corrected chi connectivity index (χ3v) is 12.8. The fraction of sp³-hybridized carbons (Fsp3) is 0.828. The van der Waals surface area contributed by atoms with Gasteiger partial charge in [-0.3, -0.25) is 9.59 Å². The molecule has 0 aliphatic rings. The molecule has 0 aromatic rings. The van der Waals surface area contributed by atoms with E-state index in [4.69, 9.17) is 4.74 Å². The molecule has 6 nitrogen and oxygen atoms in total. The van der Waals surface area contributed by atoms with E-state index in [0.717, 1.165) is 64.2 Å². The average Bonchev–Trinajstić information content (AvgIpc) is 3.29. The second-order valence-corrected chi connectivity index (χ2v) is 19.1. The number of hydrogen-bond donors (Lipinski definition) is 3. The minimum atomic E-state index is -0.794. The zero-order valence-electron chi connectivity index (χ0n) is 42.7. The van der Waals surface area contributed by atoms with Gasteiger partial charge in [0.1, 0.15) is 6.10 Å². The van der Waals surface area contributed by atoms with Crippen molar-refractivity contribution in [1.82, 2.24) is 5.32 Å². The number of unbranched alkanes of at least 4 members (excludes halogenated alkanes) is 33. The number of amides is 1. The Morgan fingerprint density at radius 3 is 1.27 bits per heavy atom. The van der Waals surface area contributed by atoms with E-state index in [1.54, 1.807) is 0 Å². The van der Waals surface area contributed by atoms with E-state index in [1.165, 1.54) is 173 Å². The summed E-state index contributed by atoms with van der Waals surface area (Å²) in [7, 11) is 0. The van der Waals surface area contributed by atoms with Crippen LogP contribution in [0.25, 0.3) is 0 Å². The SMILES string of the molecule is CC/C=C/C=C/C=C\C=C/CCCCCC(=O)OC(CCCCCCCCCCCCCCCCCC)CC(=O)NC(CO)C(O)CCCCCCCCCCCCCCCCCC. The molecule has 0 rings (SSSR count). The van der Waals surface area contributed by atoms with Gasteiger partial charge in [-0.2, -0.15) is 0 Å². The van der Waals surface area contributed by atoms with Gasteiger partial charge < -0.3 is 20.3 Å². The highest BCUT2D eigenvalue weighted by Crippen LogP contribution is 2.19. The number of nitrogens with one attached hydrogen (secondary N) is 1. The zero-order chi connectivity index (χ0) is 46.7. The van der Waals surface area contributed by atoms with Crippen molar-refractivity contribution in [3.05, 3.63) is 48.6 Å². The van der Waals surface area contributed by atoms with Crippen molar-refractivity contribution < 1.29 is 24.5 Å². The highest BCUT2D eigenvalue weighted by molar-refractivity contribution is 5.77. The van der Waals surface area contributed by atoms with Crippen LogP contribution in [0, 0.1) is 0 Å². The molecule has 6 heteroatoms. The lowest BCUT2D eigenvalue weighted by atomic mass is 10.0. The first-order chi connectivity index (χ1) is 31.5. The van der Waals surface area contributed by atoms with Gasteiger partial charge in [0, 0.05) is 6.42 Å². The summed E-state index contributed by atoms with van der Waals surface area (Å²) in [4.78, 5) is 26.2. The maximum Gasteiger partial charge on any atom is 0.306 e. The van der Waals surface area contributed by atoms with Gasteiger partial charge in [-0.25, -0.2) is 0 Å². The lowest BCUT2D eigenvalue weighted by Crippen LogP contribution is -2.46. The minimum Gasteiger partial charge on any atom is -0.462 e. The van der Waals surface area contributed by atoms with Crippen LogP contribution >= 0.6 is 0 Å². The summed E-state index contributed by atoms with van der Waals surface area (Å²) in [5, 5.41) is 23.9. The first kappa shape index (κ1) is 61.8. The molecule has 0 saturated carbocycles. The molecule has 3 atom stereocenters.